The molecule has 0 spiro atoms. The normalized spacial score (nSPS) is 13.9. The first-order valence-corrected chi connectivity index (χ1v) is 8.17. The molecule has 0 aromatic heterocycles. The van der Waals surface area contributed by atoms with Gasteiger partial charge in [-0.15, -0.1) is 6.58 Å². The van der Waals surface area contributed by atoms with E-state index in [4.69, 9.17) is 22.5 Å². The van der Waals surface area contributed by atoms with Gasteiger partial charge < -0.3 is 4.74 Å². The Bertz CT molecular complexity index is 303. The number of halogens is 2. The van der Waals surface area contributed by atoms with E-state index < -0.39 is 18.0 Å². The van der Waals surface area contributed by atoms with Crippen LogP contribution in [0.3, 0.4) is 0 Å². The van der Waals surface area contributed by atoms with Crippen LogP contribution >= 0.6 is 28.5 Å². The summed E-state index contributed by atoms with van der Waals surface area (Å²) in [6.45, 7) is 7.25. The van der Waals surface area contributed by atoms with Gasteiger partial charge in [0.25, 0.3) is 0 Å². The lowest BCUT2D eigenvalue weighted by atomic mass is 10.0. The Morgan fingerprint density at radius 3 is 2.31 bits per heavy atom. The van der Waals surface area contributed by atoms with Crippen LogP contribution in [0.25, 0.3) is 0 Å². The zero-order valence-electron chi connectivity index (χ0n) is 9.52. The zero-order valence-corrected chi connectivity index (χ0v) is 11.9. The summed E-state index contributed by atoms with van der Waals surface area (Å²) in [5.74, 6) is -4.21. The van der Waals surface area contributed by atoms with Gasteiger partial charge >= 0.3 is 12.0 Å². The molecule has 7 heteroatoms. The van der Waals surface area contributed by atoms with Crippen molar-refractivity contribution in [1.29, 1.82) is 0 Å². The molecule has 0 heterocycles. The van der Waals surface area contributed by atoms with E-state index in [1.54, 1.807) is 13.8 Å². The molecule has 0 bridgehead atoms. The molecule has 0 rings (SSSR count). The van der Waals surface area contributed by atoms with Crippen molar-refractivity contribution in [2.75, 3.05) is 13.7 Å². The number of esters is 1. The Morgan fingerprint density at radius 1 is 1.56 bits per heavy atom. The summed E-state index contributed by atoms with van der Waals surface area (Å²) in [7, 11) is 1.26. The van der Waals surface area contributed by atoms with Gasteiger partial charge in [0.05, 0.1) is 7.11 Å². The molecule has 0 aromatic carbocycles. The predicted octanol–water partition coefficient (Wildman–Crippen LogP) is 3.26. The Kier molecular flexibility index (Phi) is 6.64. The summed E-state index contributed by atoms with van der Waals surface area (Å²) in [6.07, 6.45) is 1.48. The van der Waals surface area contributed by atoms with E-state index in [0.29, 0.717) is 0 Å². The Balaban J connectivity index is 5.18. The average molecular weight is 288 g/mol. The van der Waals surface area contributed by atoms with Gasteiger partial charge in [-0.25, -0.2) is 4.67 Å². The average Bonchev–Trinajstić information content (AvgIpc) is 2.14. The summed E-state index contributed by atoms with van der Waals surface area (Å²) in [6, 6.07) is -0.746. The number of methoxy groups -OCH3 is 1. The van der Waals surface area contributed by atoms with Crippen LogP contribution in [-0.2, 0) is 14.1 Å². The highest BCUT2D eigenvalue weighted by molar-refractivity contribution is 8.07. The fourth-order valence-corrected chi connectivity index (χ4v) is 3.24. The standard InChI is InChI=1S/C9H16Cl2NO3P/c1-5-6-12(16(10,11)14)8(7(2)3)9(13)15-4/h5,7-8H,1,6H2,2-4H3. The highest BCUT2D eigenvalue weighted by Gasteiger charge is 2.38. The summed E-state index contributed by atoms with van der Waals surface area (Å²) in [5, 5.41) is 0. The fourth-order valence-electron chi connectivity index (χ4n) is 1.34. The third-order valence-electron chi connectivity index (χ3n) is 2.01. The molecule has 0 radical (unpaired) electrons. The van der Waals surface area contributed by atoms with Gasteiger partial charge in [-0.2, -0.15) is 0 Å². The maximum absolute atomic E-state index is 11.7. The van der Waals surface area contributed by atoms with Crippen LogP contribution in [0.4, 0.5) is 0 Å². The summed E-state index contributed by atoms with van der Waals surface area (Å²) >= 11 is 11.2. The first kappa shape index (κ1) is 16.0. The van der Waals surface area contributed by atoms with Gasteiger partial charge in [-0.3, -0.25) is 9.36 Å². The van der Waals surface area contributed by atoms with Crippen molar-refractivity contribution in [1.82, 2.24) is 4.67 Å². The molecular formula is C9H16Cl2NO3P. The maximum Gasteiger partial charge on any atom is 0.323 e. The number of carbonyl (C=O) groups excluding carboxylic acids is 1. The van der Waals surface area contributed by atoms with Crippen LogP contribution in [0, 0.1) is 5.92 Å². The lowest BCUT2D eigenvalue weighted by molar-refractivity contribution is -0.146. The Hall–Kier alpha value is -0.0200. The van der Waals surface area contributed by atoms with E-state index in [1.807, 2.05) is 0 Å². The van der Waals surface area contributed by atoms with E-state index in [2.05, 4.69) is 11.3 Å². The van der Waals surface area contributed by atoms with Crippen LogP contribution in [0.15, 0.2) is 12.7 Å². The predicted molar refractivity (Wildman–Crippen MR) is 66.9 cm³/mol. The molecule has 0 amide bonds. The van der Waals surface area contributed by atoms with Crippen molar-refractivity contribution >= 4 is 34.4 Å². The van der Waals surface area contributed by atoms with E-state index in [1.165, 1.54) is 17.9 Å². The fraction of sp³-hybridized carbons (Fsp3) is 0.667. The van der Waals surface area contributed by atoms with Crippen molar-refractivity contribution in [3.8, 4) is 0 Å². The monoisotopic (exact) mass is 287 g/mol. The minimum atomic E-state index is -3.56. The lowest BCUT2D eigenvalue weighted by Crippen LogP contribution is -2.42. The van der Waals surface area contributed by atoms with Crippen molar-refractivity contribution in [2.45, 2.75) is 19.9 Å². The number of rotatable bonds is 6. The first-order chi connectivity index (χ1) is 7.25. The summed E-state index contributed by atoms with van der Waals surface area (Å²) < 4.78 is 17.5. The van der Waals surface area contributed by atoms with Gasteiger partial charge in [-0.1, -0.05) is 19.9 Å². The molecular weight excluding hydrogens is 272 g/mol. The van der Waals surface area contributed by atoms with E-state index in [-0.39, 0.29) is 12.5 Å². The van der Waals surface area contributed by atoms with Crippen molar-refractivity contribution in [3.63, 3.8) is 0 Å². The maximum atomic E-state index is 11.7. The molecule has 0 N–H and O–H groups in total. The highest BCUT2D eigenvalue weighted by Crippen LogP contribution is 2.61. The van der Waals surface area contributed by atoms with Crippen molar-refractivity contribution in [3.05, 3.63) is 12.7 Å². The Morgan fingerprint density at radius 2 is 2.06 bits per heavy atom. The molecule has 1 unspecified atom stereocenters. The van der Waals surface area contributed by atoms with Gasteiger partial charge in [0.1, 0.15) is 6.04 Å². The summed E-state index contributed by atoms with van der Waals surface area (Å²) in [4.78, 5) is 11.6. The molecule has 0 aliphatic carbocycles. The molecule has 0 aliphatic rings. The van der Waals surface area contributed by atoms with Gasteiger partial charge in [0, 0.05) is 6.54 Å². The minimum Gasteiger partial charge on any atom is -0.468 e. The second kappa shape index (κ2) is 6.65. The van der Waals surface area contributed by atoms with Crippen LogP contribution in [-0.4, -0.2) is 30.3 Å². The molecule has 0 saturated heterocycles. The van der Waals surface area contributed by atoms with Gasteiger partial charge in [-0.05, 0) is 28.4 Å². The first-order valence-electron chi connectivity index (χ1n) is 4.70. The largest absolute Gasteiger partial charge is 0.468 e. The molecule has 16 heavy (non-hydrogen) atoms. The third-order valence-corrected chi connectivity index (χ3v) is 4.19. The van der Waals surface area contributed by atoms with Crippen LogP contribution in [0.2, 0.25) is 0 Å². The highest BCUT2D eigenvalue weighted by atomic mass is 35.9. The van der Waals surface area contributed by atoms with Gasteiger partial charge in [0.15, 0.2) is 0 Å². The SMILES string of the molecule is C=CCN(C(C(=O)OC)C(C)C)P(=O)(Cl)Cl. The minimum absolute atomic E-state index is 0.127. The quantitative estimate of drug-likeness (QED) is 0.427. The number of carbonyl (C=O) groups is 1. The molecule has 1 atom stereocenters. The molecule has 4 nitrogen and oxygen atoms in total. The van der Waals surface area contributed by atoms with E-state index in [0.717, 1.165) is 0 Å². The lowest BCUT2D eigenvalue weighted by Gasteiger charge is -2.31. The number of hydrogen-bond acceptors (Lipinski definition) is 3. The molecule has 94 valence electrons. The second-order valence-electron chi connectivity index (χ2n) is 3.56. The number of hydrogen-bond donors (Lipinski definition) is 0. The van der Waals surface area contributed by atoms with Gasteiger partial charge in [0.2, 0.25) is 0 Å². The van der Waals surface area contributed by atoms with Crippen molar-refractivity contribution in [2.24, 2.45) is 5.92 Å². The zero-order chi connectivity index (χ0) is 12.9. The number of nitrogens with zero attached hydrogens (tertiary/aromatic N) is 1. The topological polar surface area (TPSA) is 46.6 Å². The van der Waals surface area contributed by atoms with Crippen LogP contribution in [0.5, 0.6) is 0 Å². The Labute approximate surface area is 106 Å². The van der Waals surface area contributed by atoms with E-state index >= 15 is 0 Å². The number of ether oxygens (including phenoxy) is 1. The molecule has 0 aliphatic heterocycles. The smallest absolute Gasteiger partial charge is 0.323 e. The van der Waals surface area contributed by atoms with Crippen LogP contribution in [0.1, 0.15) is 13.8 Å². The van der Waals surface area contributed by atoms with E-state index in [9.17, 15) is 9.36 Å². The van der Waals surface area contributed by atoms with Crippen LogP contribution < -0.4 is 0 Å². The summed E-state index contributed by atoms with van der Waals surface area (Å²) in [5.41, 5.74) is 0. The van der Waals surface area contributed by atoms with Crippen molar-refractivity contribution < 1.29 is 14.1 Å². The third kappa shape index (κ3) is 4.46. The molecule has 0 aromatic rings. The second-order valence-corrected chi connectivity index (χ2v) is 8.21. The molecule has 0 saturated carbocycles. The molecule has 0 fully saturated rings.